The molecule has 1 N–H and O–H groups in total. The maximum atomic E-state index is 14.9. The van der Waals surface area contributed by atoms with Gasteiger partial charge in [0.1, 0.15) is 11.6 Å². The minimum absolute atomic E-state index is 0.193. The zero-order valence-electron chi connectivity index (χ0n) is 20.5. The van der Waals surface area contributed by atoms with Crippen molar-refractivity contribution in [3.8, 4) is 22.5 Å². The second-order valence-electron chi connectivity index (χ2n) is 9.38. The van der Waals surface area contributed by atoms with Crippen LogP contribution in [-0.2, 0) is 11.8 Å². The van der Waals surface area contributed by atoms with Crippen LogP contribution < -0.4 is 10.9 Å². The van der Waals surface area contributed by atoms with Crippen molar-refractivity contribution in [1.82, 2.24) is 19.3 Å². The van der Waals surface area contributed by atoms with E-state index in [4.69, 9.17) is 11.6 Å². The molecule has 1 amide bonds. The maximum Gasteiger partial charge on any atom is 0.254 e. The molecule has 2 bridgehead atoms. The lowest BCUT2D eigenvalue weighted by molar-refractivity contribution is -0.119. The number of hydrogen-bond donors (Lipinski definition) is 1. The van der Waals surface area contributed by atoms with E-state index in [0.29, 0.717) is 41.8 Å². The first-order chi connectivity index (χ1) is 18.1. The van der Waals surface area contributed by atoms with E-state index in [-0.39, 0.29) is 22.5 Å². The summed E-state index contributed by atoms with van der Waals surface area (Å²) in [7, 11) is 1.68. The number of rotatable bonds is 2. The Balaban J connectivity index is 1.65. The van der Waals surface area contributed by atoms with Crippen molar-refractivity contribution >= 4 is 23.2 Å². The second kappa shape index (κ2) is 10.1. The van der Waals surface area contributed by atoms with Gasteiger partial charge in [-0.05, 0) is 48.7 Å². The minimum Gasteiger partial charge on any atom is -0.323 e. The van der Waals surface area contributed by atoms with E-state index in [2.05, 4.69) is 15.4 Å². The lowest BCUT2D eigenvalue weighted by Gasteiger charge is -2.23. The molecular formula is C27H23ClF3N5O2. The highest BCUT2D eigenvalue weighted by Crippen LogP contribution is 2.34. The van der Waals surface area contributed by atoms with Crippen molar-refractivity contribution in [2.75, 3.05) is 5.32 Å². The van der Waals surface area contributed by atoms with Crippen LogP contribution in [0, 0.1) is 23.4 Å². The van der Waals surface area contributed by atoms with Crippen LogP contribution in [0.2, 0.25) is 5.02 Å². The molecule has 2 atom stereocenters. The third-order valence-electron chi connectivity index (χ3n) is 6.81. The Morgan fingerprint density at radius 3 is 2.63 bits per heavy atom. The molecule has 4 aromatic rings. The predicted octanol–water partition coefficient (Wildman–Crippen LogP) is 5.73. The van der Waals surface area contributed by atoms with Crippen molar-refractivity contribution < 1.29 is 18.0 Å². The van der Waals surface area contributed by atoms with Gasteiger partial charge in [0.2, 0.25) is 5.91 Å². The zero-order valence-corrected chi connectivity index (χ0v) is 21.3. The first kappa shape index (κ1) is 25.7. The smallest absolute Gasteiger partial charge is 0.254 e. The van der Waals surface area contributed by atoms with Gasteiger partial charge in [-0.1, -0.05) is 24.9 Å². The fraction of sp³-hybridized carbons (Fsp3) is 0.259. The molecule has 11 heteroatoms. The van der Waals surface area contributed by atoms with Crippen molar-refractivity contribution in [2.45, 2.75) is 32.2 Å². The van der Waals surface area contributed by atoms with Crippen LogP contribution in [-0.4, -0.2) is 25.2 Å². The molecule has 2 unspecified atom stereocenters. The largest absolute Gasteiger partial charge is 0.323 e. The number of aryl methyl sites for hydroxylation is 1. The van der Waals surface area contributed by atoms with Gasteiger partial charge in [0.15, 0.2) is 5.82 Å². The number of anilines is 1. The van der Waals surface area contributed by atoms with E-state index in [9.17, 15) is 22.8 Å². The van der Waals surface area contributed by atoms with Gasteiger partial charge in [-0.3, -0.25) is 18.8 Å². The van der Waals surface area contributed by atoms with Crippen molar-refractivity contribution in [3.63, 3.8) is 0 Å². The van der Waals surface area contributed by atoms with Gasteiger partial charge in [0, 0.05) is 24.6 Å². The first-order valence-corrected chi connectivity index (χ1v) is 12.4. The van der Waals surface area contributed by atoms with Gasteiger partial charge in [0.25, 0.3) is 5.56 Å². The molecule has 0 fully saturated rings. The molecule has 0 radical (unpaired) electrons. The monoisotopic (exact) mass is 541 g/mol. The van der Waals surface area contributed by atoms with Crippen LogP contribution in [0.3, 0.4) is 0 Å². The van der Waals surface area contributed by atoms with Gasteiger partial charge in [-0.25, -0.2) is 18.2 Å². The molecule has 1 aliphatic rings. The highest BCUT2D eigenvalue weighted by atomic mass is 35.5. The second-order valence-corrected chi connectivity index (χ2v) is 9.79. The van der Waals surface area contributed by atoms with E-state index in [1.54, 1.807) is 13.1 Å². The molecule has 196 valence electrons. The Kier molecular flexibility index (Phi) is 6.83. The molecule has 5 rings (SSSR count). The third kappa shape index (κ3) is 4.71. The zero-order chi connectivity index (χ0) is 27.1. The normalized spacial score (nSPS) is 17.8. The van der Waals surface area contributed by atoms with Gasteiger partial charge < -0.3 is 5.32 Å². The average molecular weight is 542 g/mol. The number of benzene rings is 2. The standard InChI is InChI=1S/C27H23ClF3N5O2/c1-14-4-3-5-22(36-13-32-20(11-23(36)37)24-19(30)7-6-18(28)25(24)31)15-8-16(10-17(29)9-15)26-21(34-27(14)38)12-33-35(26)2/h6-14,22H,3-5H2,1-2H3,(H,34,38). The number of carbonyl (C=O) groups is 1. The molecule has 0 saturated heterocycles. The molecule has 0 aliphatic carbocycles. The van der Waals surface area contributed by atoms with E-state index in [1.807, 2.05) is 6.92 Å². The van der Waals surface area contributed by atoms with Gasteiger partial charge in [-0.15, -0.1) is 0 Å². The Labute approximate surface area is 220 Å². The van der Waals surface area contributed by atoms with E-state index in [1.165, 1.54) is 33.9 Å². The summed E-state index contributed by atoms with van der Waals surface area (Å²) in [6.07, 6.45) is 4.15. The highest BCUT2D eigenvalue weighted by Gasteiger charge is 2.24. The van der Waals surface area contributed by atoms with Crippen LogP contribution in [0.4, 0.5) is 18.9 Å². The summed E-state index contributed by atoms with van der Waals surface area (Å²) >= 11 is 5.81. The summed E-state index contributed by atoms with van der Waals surface area (Å²) in [5, 5.41) is 6.81. The number of amides is 1. The summed E-state index contributed by atoms with van der Waals surface area (Å²) in [5.41, 5.74) is 0.644. The molecule has 3 heterocycles. The van der Waals surface area contributed by atoms with Crippen molar-refractivity contribution in [3.05, 3.63) is 87.3 Å². The SMILES string of the molecule is CC1CCCC(n2cnc(-c3c(F)ccc(Cl)c3F)cc2=O)c2cc(F)cc(c2)-c2c(cnn2C)NC1=O. The molecule has 2 aromatic heterocycles. The number of aromatic nitrogens is 4. The number of nitrogens with one attached hydrogen (secondary N) is 1. The Hall–Kier alpha value is -3.92. The number of nitrogens with zero attached hydrogens (tertiary/aromatic N) is 4. The van der Waals surface area contributed by atoms with E-state index < -0.39 is 34.6 Å². The Morgan fingerprint density at radius 1 is 1.08 bits per heavy atom. The fourth-order valence-electron chi connectivity index (χ4n) is 4.83. The number of halogens is 4. The summed E-state index contributed by atoms with van der Waals surface area (Å²) < 4.78 is 46.8. The van der Waals surface area contributed by atoms with Crippen molar-refractivity contribution in [1.29, 1.82) is 0 Å². The lowest BCUT2D eigenvalue weighted by atomic mass is 9.94. The minimum atomic E-state index is -1.02. The summed E-state index contributed by atoms with van der Waals surface area (Å²) in [6, 6.07) is 6.87. The lowest BCUT2D eigenvalue weighted by Crippen LogP contribution is -2.27. The van der Waals surface area contributed by atoms with Crippen LogP contribution >= 0.6 is 11.6 Å². The fourth-order valence-corrected chi connectivity index (χ4v) is 4.98. The van der Waals surface area contributed by atoms with Crippen LogP contribution in [0.5, 0.6) is 0 Å². The first-order valence-electron chi connectivity index (χ1n) is 12.0. The average Bonchev–Trinajstić information content (AvgIpc) is 3.23. The molecule has 0 saturated carbocycles. The van der Waals surface area contributed by atoms with E-state index >= 15 is 0 Å². The molecule has 2 aromatic carbocycles. The Morgan fingerprint density at radius 2 is 1.87 bits per heavy atom. The van der Waals surface area contributed by atoms with Gasteiger partial charge in [-0.2, -0.15) is 5.10 Å². The number of carbonyl (C=O) groups excluding carboxylic acids is 1. The Bertz CT molecular complexity index is 1620. The van der Waals surface area contributed by atoms with Gasteiger partial charge >= 0.3 is 0 Å². The highest BCUT2D eigenvalue weighted by molar-refractivity contribution is 6.31. The molecule has 0 spiro atoms. The number of hydrogen-bond acceptors (Lipinski definition) is 4. The third-order valence-corrected chi connectivity index (χ3v) is 7.10. The van der Waals surface area contributed by atoms with Crippen LogP contribution in [0.15, 0.2) is 53.7 Å². The summed E-state index contributed by atoms with van der Waals surface area (Å²) in [4.78, 5) is 30.2. The molecular weight excluding hydrogens is 519 g/mol. The topological polar surface area (TPSA) is 81.8 Å². The predicted molar refractivity (Wildman–Crippen MR) is 137 cm³/mol. The molecule has 7 nitrogen and oxygen atoms in total. The summed E-state index contributed by atoms with van der Waals surface area (Å²) in [5.74, 6) is -2.98. The van der Waals surface area contributed by atoms with Crippen molar-refractivity contribution in [2.24, 2.45) is 13.0 Å². The molecule has 1 aliphatic heterocycles. The summed E-state index contributed by atoms with van der Waals surface area (Å²) in [6.45, 7) is 1.81. The van der Waals surface area contributed by atoms with Crippen LogP contribution in [0.25, 0.3) is 22.5 Å². The molecule has 38 heavy (non-hydrogen) atoms. The van der Waals surface area contributed by atoms with Crippen LogP contribution in [0.1, 0.15) is 37.8 Å². The quantitative estimate of drug-likeness (QED) is 0.329. The maximum absolute atomic E-state index is 14.9. The van der Waals surface area contributed by atoms with E-state index in [0.717, 1.165) is 18.2 Å². The number of fused-ring (bicyclic) bond motifs is 4. The van der Waals surface area contributed by atoms with Gasteiger partial charge in [0.05, 0.1) is 46.2 Å².